The number of hydrazine groups is 1. The van der Waals surface area contributed by atoms with Gasteiger partial charge in [-0.1, -0.05) is 18.2 Å². The molecule has 1 aromatic carbocycles. The summed E-state index contributed by atoms with van der Waals surface area (Å²) >= 11 is 0. The number of aromatic nitrogens is 1. The smallest absolute Gasteiger partial charge is 0.238 e. The average molecular weight is 371 g/mol. The van der Waals surface area contributed by atoms with Crippen molar-refractivity contribution in [1.29, 1.82) is 0 Å². The van der Waals surface area contributed by atoms with Crippen molar-refractivity contribution in [3.8, 4) is 0 Å². The van der Waals surface area contributed by atoms with Crippen LogP contribution in [-0.4, -0.2) is 64.8 Å². The van der Waals surface area contributed by atoms with E-state index in [9.17, 15) is 9.90 Å². The molecule has 1 amide bonds. The summed E-state index contributed by atoms with van der Waals surface area (Å²) in [4.78, 5) is 14.6. The third-order valence-corrected chi connectivity index (χ3v) is 5.60. The van der Waals surface area contributed by atoms with Gasteiger partial charge in [-0.25, -0.2) is 5.43 Å². The van der Waals surface area contributed by atoms with E-state index in [2.05, 4.69) is 56.1 Å². The first-order valence-electron chi connectivity index (χ1n) is 9.92. The average Bonchev–Trinajstić information content (AvgIpc) is 3.30. The number of piperidine rings is 1. The number of β-amino-alcohol motifs (C(OH)–C–C–N with tert-alkyl or cyclic N) is 1. The van der Waals surface area contributed by atoms with Crippen LogP contribution in [0.2, 0.25) is 0 Å². The second-order valence-corrected chi connectivity index (χ2v) is 7.69. The second kappa shape index (κ2) is 8.39. The summed E-state index contributed by atoms with van der Waals surface area (Å²) in [5, 5.41) is 14.0. The minimum absolute atomic E-state index is 0.0416. The minimum Gasteiger partial charge on any atom is -0.392 e. The molecular weight excluding hydrogens is 342 g/mol. The van der Waals surface area contributed by atoms with Gasteiger partial charge in [0.25, 0.3) is 0 Å². The third-order valence-electron chi connectivity index (χ3n) is 5.60. The van der Waals surface area contributed by atoms with Gasteiger partial charge in [-0.05, 0) is 43.3 Å². The molecule has 0 aliphatic carbocycles. The molecule has 1 aromatic heterocycles. The van der Waals surface area contributed by atoms with E-state index in [4.69, 9.17) is 0 Å². The van der Waals surface area contributed by atoms with Gasteiger partial charge >= 0.3 is 0 Å². The third kappa shape index (κ3) is 4.50. The van der Waals surface area contributed by atoms with E-state index in [1.54, 1.807) is 0 Å². The first-order valence-corrected chi connectivity index (χ1v) is 9.92. The van der Waals surface area contributed by atoms with Crippen LogP contribution in [0.25, 0.3) is 10.9 Å². The van der Waals surface area contributed by atoms with Crippen molar-refractivity contribution in [3.05, 3.63) is 36.5 Å². The van der Waals surface area contributed by atoms with Crippen LogP contribution in [-0.2, 0) is 11.3 Å². The number of hydrogen-bond acceptors (Lipinski definition) is 5. The van der Waals surface area contributed by atoms with E-state index < -0.39 is 0 Å². The molecule has 2 fully saturated rings. The summed E-state index contributed by atoms with van der Waals surface area (Å²) in [6.07, 6.45) is 4.56. The van der Waals surface area contributed by atoms with Crippen LogP contribution < -0.4 is 16.2 Å². The first kappa shape index (κ1) is 18.4. The molecule has 2 saturated heterocycles. The zero-order valence-electron chi connectivity index (χ0n) is 15.6. The van der Waals surface area contributed by atoms with Crippen LogP contribution in [0.5, 0.6) is 0 Å². The lowest BCUT2D eigenvalue weighted by Crippen LogP contribution is -2.47. The van der Waals surface area contributed by atoms with E-state index in [-0.39, 0.29) is 24.1 Å². The predicted molar refractivity (Wildman–Crippen MR) is 105 cm³/mol. The quantitative estimate of drug-likeness (QED) is 0.593. The van der Waals surface area contributed by atoms with Gasteiger partial charge in [0.1, 0.15) is 6.04 Å². The lowest BCUT2D eigenvalue weighted by atomic mass is 10.1. The second-order valence-electron chi connectivity index (χ2n) is 7.69. The molecule has 0 saturated carbocycles. The molecule has 2 aliphatic heterocycles. The number of nitrogens with zero attached hydrogens (tertiary/aromatic N) is 2. The van der Waals surface area contributed by atoms with E-state index in [0.717, 1.165) is 38.9 Å². The van der Waals surface area contributed by atoms with Gasteiger partial charge in [0.05, 0.1) is 6.10 Å². The zero-order valence-corrected chi connectivity index (χ0v) is 15.6. The number of carbonyl (C=O) groups excluding carboxylic acids is 1. The van der Waals surface area contributed by atoms with Crippen molar-refractivity contribution < 1.29 is 9.90 Å². The number of hydrogen-bond donors (Lipinski definition) is 4. The molecule has 3 atom stereocenters. The van der Waals surface area contributed by atoms with Gasteiger partial charge < -0.3 is 15.0 Å². The Kier molecular flexibility index (Phi) is 5.73. The number of para-hydroxylation sites is 1. The monoisotopic (exact) mass is 371 g/mol. The molecule has 3 unspecified atom stereocenters. The number of fused-ring (bicyclic) bond motifs is 1. The first-order chi connectivity index (χ1) is 13.2. The lowest BCUT2D eigenvalue weighted by Gasteiger charge is -2.29. The highest BCUT2D eigenvalue weighted by atomic mass is 16.3. The van der Waals surface area contributed by atoms with Crippen LogP contribution in [0.4, 0.5) is 0 Å². The summed E-state index contributed by atoms with van der Waals surface area (Å²) in [5.74, 6) is 0.0416. The number of aliphatic hydroxyl groups excluding tert-OH is 1. The van der Waals surface area contributed by atoms with Crippen molar-refractivity contribution in [1.82, 2.24) is 25.6 Å². The molecule has 7 nitrogen and oxygen atoms in total. The van der Waals surface area contributed by atoms with Crippen LogP contribution >= 0.6 is 0 Å². The molecule has 2 aliphatic rings. The molecule has 3 heterocycles. The van der Waals surface area contributed by atoms with E-state index in [1.807, 2.05) is 6.07 Å². The van der Waals surface area contributed by atoms with E-state index in [1.165, 1.54) is 10.9 Å². The highest BCUT2D eigenvalue weighted by molar-refractivity contribution is 5.82. The standard InChI is InChI=1S/C20H29N5O2/c26-17-5-3-9-24(14-17)11-8-21-20(27)18-12-16(22-23-18)13-25-10-7-15-4-1-2-6-19(15)25/h1-2,4,6-7,10,16-18,22-23,26H,3,5,8-9,11-14H2,(H,21,27). The van der Waals surface area contributed by atoms with Gasteiger partial charge in [0, 0.05) is 43.9 Å². The molecule has 2 aromatic rings. The van der Waals surface area contributed by atoms with Gasteiger partial charge in [-0.3, -0.25) is 15.1 Å². The Morgan fingerprint density at radius 3 is 3.04 bits per heavy atom. The van der Waals surface area contributed by atoms with Crippen molar-refractivity contribution in [2.75, 3.05) is 26.2 Å². The van der Waals surface area contributed by atoms with Crippen molar-refractivity contribution in [2.24, 2.45) is 0 Å². The van der Waals surface area contributed by atoms with Crippen molar-refractivity contribution in [3.63, 3.8) is 0 Å². The Morgan fingerprint density at radius 1 is 1.26 bits per heavy atom. The summed E-state index contributed by atoms with van der Waals surface area (Å²) in [6.45, 7) is 3.96. The van der Waals surface area contributed by atoms with Gasteiger partial charge in [0.2, 0.25) is 5.91 Å². The van der Waals surface area contributed by atoms with Crippen LogP contribution in [0.3, 0.4) is 0 Å². The number of rotatable bonds is 6. The summed E-state index contributed by atoms with van der Waals surface area (Å²) in [5.41, 5.74) is 7.61. The number of nitrogens with one attached hydrogen (secondary N) is 3. The predicted octanol–water partition coefficient (Wildman–Crippen LogP) is 0.449. The summed E-state index contributed by atoms with van der Waals surface area (Å²) in [7, 11) is 0. The number of carbonyl (C=O) groups is 1. The number of benzene rings is 1. The lowest BCUT2D eigenvalue weighted by molar-refractivity contribution is -0.122. The molecule has 7 heteroatoms. The van der Waals surface area contributed by atoms with Gasteiger partial charge in [0.15, 0.2) is 0 Å². The highest BCUT2D eigenvalue weighted by Gasteiger charge is 2.29. The van der Waals surface area contributed by atoms with Crippen molar-refractivity contribution >= 4 is 16.8 Å². The molecule has 0 radical (unpaired) electrons. The topological polar surface area (TPSA) is 81.6 Å². The fourth-order valence-electron chi connectivity index (χ4n) is 4.15. The maximum absolute atomic E-state index is 12.4. The summed E-state index contributed by atoms with van der Waals surface area (Å²) < 4.78 is 2.23. The molecule has 0 spiro atoms. The molecule has 146 valence electrons. The Hall–Kier alpha value is -1.93. The van der Waals surface area contributed by atoms with Crippen LogP contribution in [0.15, 0.2) is 36.5 Å². The normalized spacial score (nSPS) is 26.5. The van der Waals surface area contributed by atoms with E-state index >= 15 is 0 Å². The van der Waals surface area contributed by atoms with Gasteiger partial charge in [-0.15, -0.1) is 0 Å². The molecule has 27 heavy (non-hydrogen) atoms. The van der Waals surface area contributed by atoms with Gasteiger partial charge in [-0.2, -0.15) is 0 Å². The fourth-order valence-corrected chi connectivity index (χ4v) is 4.15. The molecule has 4 rings (SSSR count). The maximum atomic E-state index is 12.4. The van der Waals surface area contributed by atoms with Crippen LogP contribution in [0, 0.1) is 0 Å². The maximum Gasteiger partial charge on any atom is 0.238 e. The number of aliphatic hydroxyl groups is 1. The van der Waals surface area contributed by atoms with E-state index in [0.29, 0.717) is 13.1 Å². The molecule has 4 N–H and O–H groups in total. The Balaban J connectivity index is 1.22. The SMILES string of the molecule is O=C(NCCN1CCCC(O)C1)C1CC(Cn2ccc3ccccc32)NN1. The minimum atomic E-state index is -0.222. The summed E-state index contributed by atoms with van der Waals surface area (Å²) in [6, 6.07) is 10.5. The fraction of sp³-hybridized carbons (Fsp3) is 0.550. The number of likely N-dealkylation sites (tertiary alicyclic amines) is 1. The van der Waals surface area contributed by atoms with Crippen LogP contribution in [0.1, 0.15) is 19.3 Å². The Bertz CT molecular complexity index is 777. The highest BCUT2D eigenvalue weighted by Crippen LogP contribution is 2.17. The number of amides is 1. The molecule has 0 bridgehead atoms. The molecular formula is C20H29N5O2. The largest absolute Gasteiger partial charge is 0.392 e. The Labute approximate surface area is 159 Å². The Morgan fingerprint density at radius 2 is 2.15 bits per heavy atom. The van der Waals surface area contributed by atoms with Crippen molar-refractivity contribution in [2.45, 2.75) is 44.0 Å². The zero-order chi connectivity index (χ0) is 18.6.